The molecule has 1 nitrogen and oxygen atoms in total. The molecule has 0 aliphatic carbocycles. The average Bonchev–Trinajstić information content (AvgIpc) is 2.37. The fourth-order valence-electron chi connectivity index (χ4n) is 2.11. The molecule has 0 N–H and O–H groups in total. The van der Waals surface area contributed by atoms with Crippen LogP contribution in [0.2, 0.25) is 0 Å². The van der Waals surface area contributed by atoms with Gasteiger partial charge in [0.05, 0.1) is 0 Å². The maximum absolute atomic E-state index is 11.0. The van der Waals surface area contributed by atoms with Crippen LogP contribution in [0.15, 0.2) is 48.5 Å². The molecule has 2 aromatic carbocycles. The van der Waals surface area contributed by atoms with Gasteiger partial charge in [-0.15, -0.1) is 0 Å². The lowest BCUT2D eigenvalue weighted by molar-refractivity contribution is -0.116. The van der Waals surface area contributed by atoms with Gasteiger partial charge in [0.1, 0.15) is 5.78 Å². The first-order chi connectivity index (χ1) is 8.66. The zero-order valence-corrected chi connectivity index (χ0v) is 10.9. The molecule has 0 saturated carbocycles. The van der Waals surface area contributed by atoms with Gasteiger partial charge in [-0.25, -0.2) is 0 Å². The highest BCUT2D eigenvalue weighted by atomic mass is 16.1. The summed E-state index contributed by atoms with van der Waals surface area (Å²) in [4.78, 5) is 11.0. The summed E-state index contributed by atoms with van der Waals surface area (Å²) >= 11 is 0. The van der Waals surface area contributed by atoms with E-state index in [0.29, 0.717) is 6.42 Å². The molecule has 0 aliphatic heterocycles. The fraction of sp³-hybridized carbons (Fsp3) is 0.235. The maximum Gasteiger partial charge on any atom is 0.130 e. The molecule has 92 valence electrons. The molecule has 2 aromatic rings. The summed E-state index contributed by atoms with van der Waals surface area (Å²) in [7, 11) is 0. The van der Waals surface area contributed by atoms with Gasteiger partial charge >= 0.3 is 0 Å². The highest BCUT2D eigenvalue weighted by Crippen LogP contribution is 2.24. The summed E-state index contributed by atoms with van der Waals surface area (Å²) in [5, 5.41) is 0. The van der Waals surface area contributed by atoms with Crippen LogP contribution in [0.3, 0.4) is 0 Å². The Balaban J connectivity index is 2.27. The summed E-state index contributed by atoms with van der Waals surface area (Å²) in [5.74, 6) is 0.247. The summed E-state index contributed by atoms with van der Waals surface area (Å²) in [6.45, 7) is 3.77. The van der Waals surface area contributed by atoms with E-state index in [1.54, 1.807) is 6.92 Å². The minimum atomic E-state index is 0.247. The number of hydrogen-bond donors (Lipinski definition) is 0. The van der Waals surface area contributed by atoms with Crippen molar-refractivity contribution in [2.24, 2.45) is 0 Å². The molecule has 1 heteroatoms. The molecule has 0 spiro atoms. The van der Waals surface area contributed by atoms with Crippen molar-refractivity contribution in [2.75, 3.05) is 0 Å². The predicted molar refractivity (Wildman–Crippen MR) is 75.6 cm³/mol. The van der Waals surface area contributed by atoms with E-state index in [1.165, 1.54) is 22.3 Å². The molecule has 18 heavy (non-hydrogen) atoms. The number of aryl methyl sites for hydroxylation is 2. The molecular weight excluding hydrogens is 220 g/mol. The van der Waals surface area contributed by atoms with E-state index in [0.717, 1.165) is 6.42 Å². The highest BCUT2D eigenvalue weighted by Gasteiger charge is 2.02. The van der Waals surface area contributed by atoms with Crippen molar-refractivity contribution in [3.8, 4) is 11.1 Å². The SMILES string of the molecule is CC(=O)CCc1cccc(-c2ccccc2C)c1. The van der Waals surface area contributed by atoms with Crippen LogP contribution in [0, 0.1) is 6.92 Å². The molecule has 0 unspecified atom stereocenters. The van der Waals surface area contributed by atoms with Crippen molar-refractivity contribution in [1.29, 1.82) is 0 Å². The third-order valence-corrected chi connectivity index (χ3v) is 3.15. The van der Waals surface area contributed by atoms with Crippen molar-refractivity contribution >= 4 is 5.78 Å². The first kappa shape index (κ1) is 12.6. The standard InChI is InChI=1S/C17H18O/c1-13-6-3-4-9-17(13)16-8-5-7-15(12-16)11-10-14(2)18/h3-9,12H,10-11H2,1-2H3. The monoisotopic (exact) mass is 238 g/mol. The lowest BCUT2D eigenvalue weighted by Gasteiger charge is -2.07. The van der Waals surface area contributed by atoms with Gasteiger partial charge in [0.25, 0.3) is 0 Å². The first-order valence-corrected chi connectivity index (χ1v) is 6.31. The van der Waals surface area contributed by atoms with E-state index in [2.05, 4.69) is 55.5 Å². The molecule has 0 bridgehead atoms. The quantitative estimate of drug-likeness (QED) is 0.780. The minimum absolute atomic E-state index is 0.247. The van der Waals surface area contributed by atoms with E-state index in [-0.39, 0.29) is 5.78 Å². The molecule has 0 amide bonds. The van der Waals surface area contributed by atoms with Gasteiger partial charge in [0.15, 0.2) is 0 Å². The largest absolute Gasteiger partial charge is 0.300 e. The van der Waals surface area contributed by atoms with Crippen LogP contribution in [0.4, 0.5) is 0 Å². The van der Waals surface area contributed by atoms with Crippen molar-refractivity contribution in [1.82, 2.24) is 0 Å². The number of benzene rings is 2. The highest BCUT2D eigenvalue weighted by molar-refractivity contribution is 5.76. The number of hydrogen-bond acceptors (Lipinski definition) is 1. The fourth-order valence-corrected chi connectivity index (χ4v) is 2.11. The molecule has 0 saturated heterocycles. The van der Waals surface area contributed by atoms with Crippen LogP contribution >= 0.6 is 0 Å². The third kappa shape index (κ3) is 3.07. The van der Waals surface area contributed by atoms with E-state index < -0.39 is 0 Å². The molecule has 0 atom stereocenters. The Morgan fingerprint density at radius 2 is 1.83 bits per heavy atom. The van der Waals surface area contributed by atoms with Gasteiger partial charge in [-0.3, -0.25) is 0 Å². The van der Waals surface area contributed by atoms with E-state index >= 15 is 0 Å². The first-order valence-electron chi connectivity index (χ1n) is 6.31. The van der Waals surface area contributed by atoms with Gasteiger partial charge < -0.3 is 4.79 Å². The number of ketones is 1. The van der Waals surface area contributed by atoms with E-state index in [4.69, 9.17) is 0 Å². The Hall–Kier alpha value is -1.89. The van der Waals surface area contributed by atoms with Crippen molar-refractivity contribution in [2.45, 2.75) is 26.7 Å². The minimum Gasteiger partial charge on any atom is -0.300 e. The lowest BCUT2D eigenvalue weighted by atomic mass is 9.97. The average molecular weight is 238 g/mol. The topological polar surface area (TPSA) is 17.1 Å². The number of Topliss-reactive ketones (excluding diaryl/α,β-unsaturated/α-hetero) is 1. The molecule has 0 aromatic heterocycles. The summed E-state index contributed by atoms with van der Waals surface area (Å²) in [5.41, 5.74) is 5.00. The molecule has 0 fully saturated rings. The molecule has 0 heterocycles. The Morgan fingerprint density at radius 3 is 2.56 bits per heavy atom. The molecular formula is C17H18O. The Kier molecular flexibility index (Phi) is 3.93. The second kappa shape index (κ2) is 5.63. The van der Waals surface area contributed by atoms with Gasteiger partial charge in [-0.05, 0) is 42.5 Å². The van der Waals surface area contributed by atoms with E-state index in [1.807, 2.05) is 0 Å². The Labute approximate surface area is 108 Å². The Morgan fingerprint density at radius 1 is 1.06 bits per heavy atom. The van der Waals surface area contributed by atoms with Crippen LogP contribution in [0.1, 0.15) is 24.5 Å². The molecule has 0 aliphatic rings. The van der Waals surface area contributed by atoms with Gasteiger partial charge in [0, 0.05) is 6.42 Å². The van der Waals surface area contributed by atoms with Crippen molar-refractivity contribution in [3.05, 3.63) is 59.7 Å². The zero-order valence-electron chi connectivity index (χ0n) is 10.9. The van der Waals surface area contributed by atoms with Crippen molar-refractivity contribution in [3.63, 3.8) is 0 Å². The van der Waals surface area contributed by atoms with Gasteiger partial charge in [-0.2, -0.15) is 0 Å². The summed E-state index contributed by atoms with van der Waals surface area (Å²) in [6.07, 6.45) is 1.45. The second-order valence-corrected chi connectivity index (χ2v) is 4.72. The zero-order chi connectivity index (χ0) is 13.0. The van der Waals surface area contributed by atoms with Crippen LogP contribution in [0.5, 0.6) is 0 Å². The van der Waals surface area contributed by atoms with Gasteiger partial charge in [-0.1, -0.05) is 48.5 Å². The predicted octanol–water partition coefficient (Wildman–Crippen LogP) is 4.18. The molecule has 2 rings (SSSR count). The van der Waals surface area contributed by atoms with Crippen LogP contribution < -0.4 is 0 Å². The van der Waals surface area contributed by atoms with Crippen LogP contribution in [-0.2, 0) is 11.2 Å². The number of carbonyl (C=O) groups is 1. The third-order valence-electron chi connectivity index (χ3n) is 3.15. The normalized spacial score (nSPS) is 10.3. The molecule has 0 radical (unpaired) electrons. The van der Waals surface area contributed by atoms with Crippen molar-refractivity contribution < 1.29 is 4.79 Å². The van der Waals surface area contributed by atoms with Gasteiger partial charge in [0.2, 0.25) is 0 Å². The van der Waals surface area contributed by atoms with Crippen LogP contribution in [0.25, 0.3) is 11.1 Å². The second-order valence-electron chi connectivity index (χ2n) is 4.72. The lowest BCUT2D eigenvalue weighted by Crippen LogP contribution is -1.94. The van der Waals surface area contributed by atoms with E-state index in [9.17, 15) is 4.79 Å². The summed E-state index contributed by atoms with van der Waals surface area (Å²) < 4.78 is 0. The maximum atomic E-state index is 11.0. The van der Waals surface area contributed by atoms with Crippen LogP contribution in [-0.4, -0.2) is 5.78 Å². The number of rotatable bonds is 4. The number of carbonyl (C=O) groups excluding carboxylic acids is 1. The summed E-state index contributed by atoms with van der Waals surface area (Å²) in [6, 6.07) is 16.8. The smallest absolute Gasteiger partial charge is 0.130 e. The Bertz CT molecular complexity index is 555.